The maximum atomic E-state index is 11.5. The molecule has 100 valence electrons. The fourth-order valence-electron chi connectivity index (χ4n) is 2.74. The van der Waals surface area contributed by atoms with Crippen LogP contribution in [0.15, 0.2) is 12.5 Å². The Bertz CT molecular complexity index is 430. The second kappa shape index (κ2) is 5.10. The van der Waals surface area contributed by atoms with Gasteiger partial charge in [-0.15, -0.1) is 0 Å². The van der Waals surface area contributed by atoms with E-state index in [1.807, 2.05) is 24.7 Å². The highest BCUT2D eigenvalue weighted by molar-refractivity contribution is 5.75. The molecule has 0 radical (unpaired) electrons. The number of aromatic nitrogens is 2. The van der Waals surface area contributed by atoms with Gasteiger partial charge in [0.2, 0.25) is 0 Å². The molecule has 0 unspecified atom stereocenters. The second-order valence-corrected chi connectivity index (χ2v) is 5.25. The maximum absolute atomic E-state index is 11.5. The number of nitrogens with zero attached hydrogens (tertiary/aromatic N) is 3. The average Bonchev–Trinajstić information content (AvgIpc) is 2.75. The van der Waals surface area contributed by atoms with Crippen LogP contribution >= 0.6 is 0 Å². The molecule has 2 heterocycles. The molecule has 1 aromatic heterocycles. The van der Waals surface area contributed by atoms with Crippen LogP contribution in [0.25, 0.3) is 0 Å². The van der Waals surface area contributed by atoms with E-state index in [0.29, 0.717) is 13.0 Å². The summed E-state index contributed by atoms with van der Waals surface area (Å²) in [4.78, 5) is 17.8. The fraction of sp³-hybridized carbons (Fsp3) is 0.692. The molecular formula is C13H21N3O2. The summed E-state index contributed by atoms with van der Waals surface area (Å²) in [5.74, 6) is -0.653. The molecule has 0 aromatic carbocycles. The van der Waals surface area contributed by atoms with E-state index in [0.717, 1.165) is 31.6 Å². The number of hydrogen-bond acceptors (Lipinski definition) is 3. The quantitative estimate of drug-likeness (QED) is 0.881. The van der Waals surface area contributed by atoms with Crippen LogP contribution in [0.1, 0.15) is 31.9 Å². The molecule has 0 spiro atoms. The van der Waals surface area contributed by atoms with Gasteiger partial charge < -0.3 is 9.67 Å². The van der Waals surface area contributed by atoms with Crippen molar-refractivity contribution in [1.82, 2.24) is 14.5 Å². The summed E-state index contributed by atoms with van der Waals surface area (Å²) in [7, 11) is 1.97. The predicted molar refractivity (Wildman–Crippen MR) is 68.1 cm³/mol. The number of hydrogen-bond donors (Lipinski definition) is 1. The van der Waals surface area contributed by atoms with Gasteiger partial charge >= 0.3 is 5.97 Å². The number of imidazole rings is 1. The predicted octanol–water partition coefficient (Wildman–Crippen LogP) is 1.50. The molecule has 1 atom stereocenters. The van der Waals surface area contributed by atoms with Crippen molar-refractivity contribution in [2.24, 2.45) is 12.5 Å². The lowest BCUT2D eigenvalue weighted by molar-refractivity contribution is -0.153. The minimum atomic E-state index is -0.653. The molecule has 5 nitrogen and oxygen atoms in total. The molecule has 0 amide bonds. The van der Waals surface area contributed by atoms with E-state index < -0.39 is 11.4 Å². The Hall–Kier alpha value is -1.36. The molecule has 0 saturated carbocycles. The van der Waals surface area contributed by atoms with Gasteiger partial charge in [-0.1, -0.05) is 6.92 Å². The lowest BCUT2D eigenvalue weighted by atomic mass is 9.77. The average molecular weight is 251 g/mol. The Morgan fingerprint density at radius 1 is 1.61 bits per heavy atom. The second-order valence-electron chi connectivity index (χ2n) is 5.25. The summed E-state index contributed by atoms with van der Waals surface area (Å²) in [6.45, 7) is 4.37. The van der Waals surface area contributed by atoms with Gasteiger partial charge in [0.15, 0.2) is 0 Å². The molecule has 1 aromatic rings. The van der Waals surface area contributed by atoms with Crippen LogP contribution in [0.4, 0.5) is 0 Å². The Morgan fingerprint density at radius 3 is 2.94 bits per heavy atom. The Balaban J connectivity index is 2.07. The first kappa shape index (κ1) is 13.1. The number of piperidine rings is 1. The normalized spacial score (nSPS) is 25.2. The minimum absolute atomic E-state index is 0.559. The molecule has 1 aliphatic rings. The standard InChI is InChI=1S/C13H21N3O2/c1-3-13(12(17)18)5-4-6-16(9-13)8-11-7-14-10-15(11)2/h7,10H,3-6,8-9H2,1-2H3,(H,17,18)/t13-/m1/s1. The molecule has 5 heteroatoms. The first-order valence-electron chi connectivity index (χ1n) is 6.48. The number of likely N-dealkylation sites (tertiary alicyclic amines) is 1. The van der Waals surface area contributed by atoms with Crippen molar-refractivity contribution >= 4 is 5.97 Å². The number of rotatable bonds is 4. The highest BCUT2D eigenvalue weighted by Crippen LogP contribution is 2.34. The van der Waals surface area contributed by atoms with Crippen molar-refractivity contribution in [3.05, 3.63) is 18.2 Å². The van der Waals surface area contributed by atoms with Crippen LogP contribution in [-0.2, 0) is 18.4 Å². The lowest BCUT2D eigenvalue weighted by Crippen LogP contribution is -2.47. The SMILES string of the molecule is CC[C@@]1(C(=O)O)CCCN(Cc2cncn2C)C1. The van der Waals surface area contributed by atoms with E-state index in [9.17, 15) is 9.90 Å². The first-order chi connectivity index (χ1) is 8.57. The van der Waals surface area contributed by atoms with Gasteiger partial charge in [0.05, 0.1) is 17.4 Å². The number of aryl methyl sites for hydroxylation is 1. The van der Waals surface area contributed by atoms with Gasteiger partial charge in [0.25, 0.3) is 0 Å². The van der Waals surface area contributed by atoms with Gasteiger partial charge in [0, 0.05) is 26.3 Å². The summed E-state index contributed by atoms with van der Waals surface area (Å²) in [6.07, 6.45) is 6.08. The minimum Gasteiger partial charge on any atom is -0.481 e. The van der Waals surface area contributed by atoms with Crippen molar-refractivity contribution in [2.45, 2.75) is 32.7 Å². The summed E-state index contributed by atoms with van der Waals surface area (Å²) in [5.41, 5.74) is 0.573. The van der Waals surface area contributed by atoms with Crippen LogP contribution in [0, 0.1) is 5.41 Å². The third kappa shape index (κ3) is 2.41. The zero-order valence-electron chi connectivity index (χ0n) is 11.1. The van der Waals surface area contributed by atoms with Crippen LogP contribution in [0.5, 0.6) is 0 Å². The van der Waals surface area contributed by atoms with E-state index >= 15 is 0 Å². The zero-order valence-corrected chi connectivity index (χ0v) is 11.1. The molecule has 1 saturated heterocycles. The van der Waals surface area contributed by atoms with Gasteiger partial charge in [-0.3, -0.25) is 9.69 Å². The van der Waals surface area contributed by atoms with E-state index in [1.54, 1.807) is 6.33 Å². The summed E-state index contributed by atoms with van der Waals surface area (Å²) < 4.78 is 1.99. The van der Waals surface area contributed by atoms with E-state index in [4.69, 9.17) is 0 Å². The monoisotopic (exact) mass is 251 g/mol. The molecular weight excluding hydrogens is 230 g/mol. The Labute approximate surface area is 107 Å². The molecule has 1 N–H and O–H groups in total. The molecule has 0 bridgehead atoms. The number of carbonyl (C=O) groups is 1. The number of carboxylic acids is 1. The number of carboxylic acid groups (broad SMARTS) is 1. The smallest absolute Gasteiger partial charge is 0.310 e. The topological polar surface area (TPSA) is 58.4 Å². The van der Waals surface area contributed by atoms with Crippen molar-refractivity contribution in [2.75, 3.05) is 13.1 Å². The van der Waals surface area contributed by atoms with Crippen molar-refractivity contribution in [1.29, 1.82) is 0 Å². The van der Waals surface area contributed by atoms with Gasteiger partial charge in [0.1, 0.15) is 0 Å². The highest BCUT2D eigenvalue weighted by Gasteiger charge is 2.40. The van der Waals surface area contributed by atoms with Gasteiger partial charge in [-0.25, -0.2) is 4.98 Å². The highest BCUT2D eigenvalue weighted by atomic mass is 16.4. The molecule has 2 rings (SSSR count). The summed E-state index contributed by atoms with van der Waals surface area (Å²) >= 11 is 0. The van der Waals surface area contributed by atoms with Crippen LogP contribution in [-0.4, -0.2) is 38.6 Å². The Kier molecular flexibility index (Phi) is 3.71. The third-order valence-corrected chi connectivity index (χ3v) is 4.09. The van der Waals surface area contributed by atoms with Crippen molar-refractivity contribution in [3.63, 3.8) is 0 Å². The largest absolute Gasteiger partial charge is 0.481 e. The molecule has 1 aliphatic heterocycles. The third-order valence-electron chi connectivity index (χ3n) is 4.09. The molecule has 1 fully saturated rings. The van der Waals surface area contributed by atoms with E-state index in [2.05, 4.69) is 9.88 Å². The fourth-order valence-corrected chi connectivity index (χ4v) is 2.74. The molecule has 0 aliphatic carbocycles. The molecule has 18 heavy (non-hydrogen) atoms. The Morgan fingerprint density at radius 2 is 2.39 bits per heavy atom. The number of aliphatic carboxylic acids is 1. The van der Waals surface area contributed by atoms with E-state index in [-0.39, 0.29) is 0 Å². The van der Waals surface area contributed by atoms with E-state index in [1.165, 1.54) is 0 Å². The maximum Gasteiger partial charge on any atom is 0.310 e. The summed E-state index contributed by atoms with van der Waals surface area (Å²) in [5, 5.41) is 9.44. The van der Waals surface area contributed by atoms with Gasteiger partial charge in [-0.2, -0.15) is 0 Å². The van der Waals surface area contributed by atoms with Crippen LogP contribution in [0.2, 0.25) is 0 Å². The van der Waals surface area contributed by atoms with Crippen LogP contribution < -0.4 is 0 Å². The van der Waals surface area contributed by atoms with Crippen molar-refractivity contribution in [3.8, 4) is 0 Å². The first-order valence-corrected chi connectivity index (χ1v) is 6.48. The zero-order chi connectivity index (χ0) is 13.2. The lowest BCUT2D eigenvalue weighted by Gasteiger charge is -2.39. The van der Waals surface area contributed by atoms with Gasteiger partial charge in [-0.05, 0) is 25.8 Å². The van der Waals surface area contributed by atoms with Crippen LogP contribution in [0.3, 0.4) is 0 Å². The summed E-state index contributed by atoms with van der Waals surface area (Å²) in [6, 6.07) is 0. The van der Waals surface area contributed by atoms with Crippen molar-refractivity contribution < 1.29 is 9.90 Å².